The Hall–Kier alpha value is 1.08. The average Bonchev–Trinajstić information content (AvgIpc) is 2.37. The van der Waals surface area contributed by atoms with Crippen LogP contribution in [0.25, 0.3) is 0 Å². The smallest absolute Gasteiger partial charge is 0.123 e. The summed E-state index contributed by atoms with van der Waals surface area (Å²) in [6, 6.07) is -0.715. The second kappa shape index (κ2) is 4.16. The maximum atomic E-state index is 13.6. The molecule has 6 heteroatoms. The van der Waals surface area contributed by atoms with Crippen LogP contribution in [0.4, 0.5) is 4.39 Å². The normalized spacial score (nSPS) is 53.9. The Labute approximate surface area is 95.0 Å². The monoisotopic (exact) mass is 250 g/mol. The highest BCUT2D eigenvalue weighted by molar-refractivity contribution is 8.88. The highest BCUT2D eigenvalue weighted by atomic mass is 33.1. The molecule has 0 aromatic carbocycles. The molecule has 3 atom stereocenters. The van der Waals surface area contributed by atoms with Crippen LogP contribution >= 0.6 is 29.1 Å². The summed E-state index contributed by atoms with van der Waals surface area (Å²) in [4.78, 5) is 0. The van der Waals surface area contributed by atoms with Crippen molar-refractivity contribution in [1.29, 1.82) is 0 Å². The molecule has 1 spiro atoms. The van der Waals surface area contributed by atoms with Gasteiger partial charge < -0.3 is 4.74 Å². The van der Waals surface area contributed by atoms with Crippen molar-refractivity contribution < 1.29 is 9.13 Å². The van der Waals surface area contributed by atoms with Crippen LogP contribution in [-0.2, 0) is 4.74 Å². The topological polar surface area (TPSA) is 9.23 Å². The quantitative estimate of drug-likeness (QED) is 0.483. The zero-order valence-electron chi connectivity index (χ0n) is 8.27. The number of hydrogen-bond donors (Lipinski definition) is 0. The summed E-state index contributed by atoms with van der Waals surface area (Å²) >= 11 is 3.81. The van der Waals surface area contributed by atoms with E-state index in [0.29, 0.717) is 0 Å². The van der Waals surface area contributed by atoms with Crippen molar-refractivity contribution in [3.63, 3.8) is 0 Å². The predicted molar refractivity (Wildman–Crippen MR) is 65.2 cm³/mol. The largest absolute Gasteiger partial charge is 0.376 e. The highest BCUT2D eigenvalue weighted by Gasteiger charge is 2.52. The van der Waals surface area contributed by atoms with Crippen LogP contribution in [0.15, 0.2) is 0 Å². The second-order valence-corrected chi connectivity index (χ2v) is 11.4. The van der Waals surface area contributed by atoms with Gasteiger partial charge in [-0.2, -0.15) is 0 Å². The first-order valence-corrected chi connectivity index (χ1v) is 9.59. The van der Waals surface area contributed by atoms with E-state index in [9.17, 15) is 4.39 Å². The van der Waals surface area contributed by atoms with Crippen LogP contribution in [-0.4, -0.2) is 43.8 Å². The van der Waals surface area contributed by atoms with Crippen molar-refractivity contribution in [1.82, 2.24) is 0 Å². The van der Waals surface area contributed by atoms with Gasteiger partial charge in [0.05, 0.1) is 5.60 Å². The Morgan fingerprint density at radius 2 is 2.07 bits per heavy atom. The average molecular weight is 250 g/mol. The summed E-state index contributed by atoms with van der Waals surface area (Å²) in [5.41, 5.74) is -0.303. The number of rotatable bonds is 0. The minimum Gasteiger partial charge on any atom is -0.376 e. The highest BCUT2D eigenvalue weighted by Crippen LogP contribution is 2.65. The van der Waals surface area contributed by atoms with Gasteiger partial charge >= 0.3 is 0 Å². The molecule has 0 bridgehead atoms. The van der Waals surface area contributed by atoms with E-state index >= 15 is 0 Å². The Morgan fingerprint density at radius 3 is 2.50 bits per heavy atom. The minimum absolute atomic E-state index is 0.00873. The lowest BCUT2D eigenvalue weighted by Gasteiger charge is -2.37. The summed E-state index contributed by atoms with van der Waals surface area (Å²) in [6.07, 6.45) is -0.994. The van der Waals surface area contributed by atoms with E-state index in [-0.39, 0.29) is 17.8 Å². The van der Waals surface area contributed by atoms with Gasteiger partial charge in [0.1, 0.15) is 14.0 Å². The third-order valence-corrected chi connectivity index (χ3v) is 9.79. The summed E-state index contributed by atoms with van der Waals surface area (Å²) < 4.78 is 19.2. The molecule has 0 amide bonds. The molecule has 2 saturated heterocycles. The van der Waals surface area contributed by atoms with Crippen molar-refractivity contribution >= 4 is 36.9 Å². The Morgan fingerprint density at radius 1 is 1.50 bits per heavy atom. The van der Waals surface area contributed by atoms with Gasteiger partial charge in [0, 0.05) is 29.8 Å². The van der Waals surface area contributed by atoms with Crippen LogP contribution in [0.3, 0.4) is 0 Å². The van der Waals surface area contributed by atoms with Crippen molar-refractivity contribution in [3.8, 4) is 0 Å². The van der Waals surface area contributed by atoms with Gasteiger partial charge in [0.25, 0.3) is 0 Å². The molecule has 0 aromatic rings. The first kappa shape index (κ1) is 11.6. The van der Waals surface area contributed by atoms with E-state index in [1.807, 2.05) is 29.7 Å². The van der Waals surface area contributed by atoms with E-state index in [1.54, 1.807) is 0 Å². The van der Waals surface area contributed by atoms with E-state index in [0.717, 1.165) is 11.5 Å². The third-order valence-electron chi connectivity index (χ3n) is 2.97. The Kier molecular flexibility index (Phi) is 3.43. The molecule has 0 aromatic heterocycles. The first-order valence-electron chi connectivity index (χ1n) is 4.62. The number of hydrogen-bond acceptors (Lipinski definition) is 3. The summed E-state index contributed by atoms with van der Waals surface area (Å²) in [6.45, 7) is 4.16. The lowest BCUT2D eigenvalue weighted by molar-refractivity contribution is 0.00731. The van der Waals surface area contributed by atoms with E-state index in [2.05, 4.69) is 6.66 Å². The Balaban J connectivity index is 2.10. The van der Waals surface area contributed by atoms with E-state index in [1.165, 1.54) is 0 Å². The molecule has 2 fully saturated rings. The summed E-state index contributed by atoms with van der Waals surface area (Å²) in [5.74, 6) is 1.73. The van der Waals surface area contributed by atoms with Crippen LogP contribution in [0, 0.1) is 5.92 Å². The number of ether oxygens (including phenoxy) is 1. The fourth-order valence-corrected chi connectivity index (χ4v) is 7.94. The van der Waals surface area contributed by atoms with E-state index < -0.39 is 12.2 Å². The van der Waals surface area contributed by atoms with Crippen LogP contribution < -0.4 is 0 Å². The summed E-state index contributed by atoms with van der Waals surface area (Å²) in [7, 11) is 5.60. The molecule has 2 heterocycles. The van der Waals surface area contributed by atoms with Crippen LogP contribution in [0.5, 0.6) is 0 Å². The molecule has 2 rings (SSSR count). The molecule has 1 nitrogen and oxygen atoms in total. The van der Waals surface area contributed by atoms with Gasteiger partial charge in [-0.05, 0) is 6.66 Å². The van der Waals surface area contributed by atoms with E-state index in [4.69, 9.17) is 12.6 Å². The predicted octanol–water partition coefficient (Wildman–Crippen LogP) is 2.65. The molecule has 1 unspecified atom stereocenters. The van der Waals surface area contributed by atoms with Gasteiger partial charge in [-0.1, -0.05) is 6.92 Å². The number of halogens is 1. The molecule has 14 heavy (non-hydrogen) atoms. The molecule has 2 aliphatic heterocycles. The van der Waals surface area contributed by atoms with Crippen LogP contribution in [0.2, 0.25) is 0 Å². The molecule has 2 aliphatic rings. The van der Waals surface area contributed by atoms with Gasteiger partial charge in [-0.15, -0.1) is 22.8 Å². The maximum absolute atomic E-state index is 13.6. The molecular weight excluding hydrogens is 237 g/mol. The summed E-state index contributed by atoms with van der Waals surface area (Å²) in [5, 5.41) is 0. The van der Waals surface area contributed by atoms with Gasteiger partial charge in [-0.25, -0.2) is 4.39 Å². The second-order valence-electron chi connectivity index (χ2n) is 3.87. The van der Waals surface area contributed by atoms with Gasteiger partial charge in [-0.3, -0.25) is 0 Å². The molecular formula is C8H13BFOPS2. The van der Waals surface area contributed by atoms with Crippen molar-refractivity contribution in [2.75, 3.05) is 18.2 Å². The molecule has 0 aliphatic carbocycles. The standard InChI is InChI=1S/C8H13BFOPS2/c1-5-6(10)7(9)11-8(5)3-13-12(2)14-4-8/h5-7H,3-4H2,1-2H3/t5-,6?,7-,8?,12?/m1/s1. The Bertz CT molecular complexity index is 225. The van der Waals surface area contributed by atoms with Gasteiger partial charge in [0.2, 0.25) is 0 Å². The fraction of sp³-hybridized carbons (Fsp3) is 1.00. The molecule has 2 radical (unpaired) electrons. The van der Waals surface area contributed by atoms with Gasteiger partial charge in [0.15, 0.2) is 0 Å². The lowest BCUT2D eigenvalue weighted by Crippen LogP contribution is -2.42. The van der Waals surface area contributed by atoms with Crippen molar-refractivity contribution in [2.45, 2.75) is 24.7 Å². The maximum Gasteiger partial charge on any atom is 0.123 e. The van der Waals surface area contributed by atoms with Crippen molar-refractivity contribution in [2.24, 2.45) is 5.92 Å². The molecule has 0 N–H and O–H groups in total. The molecule has 78 valence electrons. The first-order chi connectivity index (χ1) is 6.55. The SMILES string of the molecule is [B][C@@H]1OC2(CSP(C)SC2)[C@H](C)C1F. The fourth-order valence-electron chi connectivity index (χ4n) is 1.83. The minimum atomic E-state index is -1.00. The number of alkyl halides is 1. The third kappa shape index (κ3) is 1.86. The van der Waals surface area contributed by atoms with Crippen LogP contribution in [0.1, 0.15) is 6.92 Å². The van der Waals surface area contributed by atoms with Crippen molar-refractivity contribution in [3.05, 3.63) is 0 Å². The zero-order chi connectivity index (χ0) is 10.3. The molecule has 0 saturated carbocycles. The lowest BCUT2D eigenvalue weighted by atomic mass is 9.85. The zero-order valence-corrected chi connectivity index (χ0v) is 10.8.